The summed E-state index contributed by atoms with van der Waals surface area (Å²) in [7, 11) is 0. The molecule has 0 saturated carbocycles. The van der Waals surface area contributed by atoms with Crippen LogP contribution in [0.25, 0.3) is 0 Å². The van der Waals surface area contributed by atoms with Crippen LogP contribution in [0, 0.1) is 0 Å². The number of carboxylic acids is 4. The fraction of sp³-hybridized carbons (Fsp3) is 0.792. The van der Waals surface area contributed by atoms with Gasteiger partial charge in [-0.2, -0.15) is 0 Å². The topological polar surface area (TPSA) is 624 Å². The predicted octanol–water partition coefficient (Wildman–Crippen LogP) is -10.3. The molecule has 21 N–H and O–H groups in total. The Hall–Kier alpha value is -6.55. The maximum Gasteiger partial charge on any atom is 0.332 e. The van der Waals surface area contributed by atoms with Crippen molar-refractivity contribution in [1.82, 2.24) is 37.2 Å². The number of aliphatic carboxylic acids is 4. The van der Waals surface area contributed by atoms with E-state index in [2.05, 4.69) is 37.2 Å². The molecular formula is C53H86N8O32. The summed E-state index contributed by atoms with van der Waals surface area (Å²) in [5, 5.41) is 142. The van der Waals surface area contributed by atoms with Gasteiger partial charge in [-0.3, -0.25) is 38.4 Å². The van der Waals surface area contributed by atoms with Crippen molar-refractivity contribution < 1.29 is 157 Å². The minimum absolute atomic E-state index is 0.0137. The molecule has 0 spiro atoms. The molecule has 40 heteroatoms. The van der Waals surface area contributed by atoms with Gasteiger partial charge in [-0.1, -0.05) is 0 Å². The van der Waals surface area contributed by atoms with E-state index >= 15 is 0 Å². The lowest BCUT2D eigenvalue weighted by Gasteiger charge is -2.52. The Bertz CT molecular complexity index is 2580. The number of hydrogen-bond donors (Lipinski definition) is 20. The minimum atomic E-state index is -2.15. The molecule has 26 unspecified atom stereocenters. The van der Waals surface area contributed by atoms with Crippen molar-refractivity contribution in [2.45, 2.75) is 240 Å². The lowest BCUT2D eigenvalue weighted by atomic mass is 9.93. The highest BCUT2D eigenvalue weighted by Crippen LogP contribution is 2.36. The lowest BCUT2D eigenvalue weighted by Crippen LogP contribution is -2.72. The number of aliphatic hydroxyl groups is 8. The molecule has 4 heterocycles. The zero-order chi connectivity index (χ0) is 70.0. The molecule has 4 saturated heterocycles. The van der Waals surface area contributed by atoms with Gasteiger partial charge >= 0.3 is 23.9 Å². The minimum Gasteiger partial charge on any atom is -0.480 e. The third-order valence-corrected chi connectivity index (χ3v) is 15.2. The fourth-order valence-electron chi connectivity index (χ4n) is 10.5. The molecule has 0 aromatic heterocycles. The van der Waals surface area contributed by atoms with Crippen LogP contribution < -0.4 is 43.0 Å². The van der Waals surface area contributed by atoms with E-state index < -0.39 is 263 Å². The Labute approximate surface area is 529 Å². The van der Waals surface area contributed by atoms with E-state index in [1.807, 2.05) is 0 Å². The summed E-state index contributed by atoms with van der Waals surface area (Å²) in [5.41, 5.74) is 5.44. The highest BCUT2D eigenvalue weighted by atomic mass is 16.8. The van der Waals surface area contributed by atoms with E-state index in [0.29, 0.717) is 0 Å². The summed E-state index contributed by atoms with van der Waals surface area (Å²) in [5.74, 6) is -12.6. The number of rotatable bonds is 34. The van der Waals surface area contributed by atoms with Crippen molar-refractivity contribution in [2.24, 2.45) is 5.73 Å². The Kier molecular flexibility index (Phi) is 30.8. The summed E-state index contributed by atoms with van der Waals surface area (Å²) in [4.78, 5) is 138. The first-order valence-electron chi connectivity index (χ1n) is 29.3. The molecular weight excluding hydrogens is 1260 g/mol. The van der Waals surface area contributed by atoms with Crippen LogP contribution in [0.2, 0.25) is 0 Å². The first-order valence-corrected chi connectivity index (χ1v) is 29.3. The maximum absolute atomic E-state index is 13.8. The van der Waals surface area contributed by atoms with Crippen molar-refractivity contribution in [1.29, 1.82) is 0 Å². The summed E-state index contributed by atoms with van der Waals surface area (Å²) in [6, 6.07) is -13.2. The zero-order valence-electron chi connectivity index (χ0n) is 51.5. The predicted molar refractivity (Wildman–Crippen MR) is 300 cm³/mol. The van der Waals surface area contributed by atoms with Crippen LogP contribution >= 0.6 is 0 Å². The summed E-state index contributed by atoms with van der Waals surface area (Å²) >= 11 is 0. The number of carboxylic acid groups (broad SMARTS) is 4. The molecule has 0 aliphatic carbocycles. The highest BCUT2D eigenvalue weighted by molar-refractivity contribution is 5.91. The molecule has 0 radical (unpaired) electrons. The van der Waals surface area contributed by atoms with Crippen molar-refractivity contribution in [3.63, 3.8) is 0 Å². The van der Waals surface area contributed by atoms with Crippen molar-refractivity contribution in [2.75, 3.05) is 26.4 Å². The number of ether oxygens (including phenoxy) is 9. The number of carbonyl (C=O) groups is 11. The molecule has 26 atom stereocenters. The molecule has 0 bridgehead atoms. The van der Waals surface area contributed by atoms with Crippen LogP contribution in [-0.2, 0) is 95.4 Å². The van der Waals surface area contributed by atoms with Gasteiger partial charge in [0.15, 0.2) is 31.3 Å². The molecule has 40 nitrogen and oxygen atoms in total. The second-order valence-electron chi connectivity index (χ2n) is 22.4. The molecule has 7 amide bonds. The summed E-state index contributed by atoms with van der Waals surface area (Å²) < 4.78 is 54.3. The molecule has 4 fully saturated rings. The number of hydrogen-bond acceptors (Lipinski definition) is 29. The average molecular weight is 1350 g/mol. The monoisotopic (exact) mass is 1350 g/mol. The molecule has 0 aromatic carbocycles. The van der Waals surface area contributed by atoms with Gasteiger partial charge < -0.3 is 147 Å². The van der Waals surface area contributed by atoms with Crippen LogP contribution in [0.3, 0.4) is 0 Å². The van der Waals surface area contributed by atoms with Crippen molar-refractivity contribution >= 4 is 65.2 Å². The SMILES string of the molecule is CC(=O)NC1C(OC2C(CO)OC(OC3C(CO)OC(OC4C(CO)OC(O)C(NC(C)=O)C4OC(C)C(=O)NC(C)C(=O)NC(CCC(=O)NC(CCCC(N)C(=O)O)C(=O)O)C(=O)O)C(NC(C)=O)C3O)C(NC(C)=O)C2OC(C)C(=O)O)OC(CO)C(O)C1O. The van der Waals surface area contributed by atoms with E-state index in [-0.39, 0.29) is 19.3 Å². The van der Waals surface area contributed by atoms with E-state index in [1.54, 1.807) is 0 Å². The molecule has 0 aromatic rings. The molecule has 530 valence electrons. The van der Waals surface area contributed by atoms with Gasteiger partial charge in [0.25, 0.3) is 0 Å². The number of nitrogens with one attached hydrogen (secondary N) is 7. The Balaban J connectivity index is 1.63. The second-order valence-corrected chi connectivity index (χ2v) is 22.4. The molecule has 93 heavy (non-hydrogen) atoms. The smallest absolute Gasteiger partial charge is 0.332 e. The average Bonchev–Trinajstić information content (AvgIpc) is 0.815. The van der Waals surface area contributed by atoms with E-state index in [4.69, 9.17) is 53.5 Å². The van der Waals surface area contributed by atoms with Crippen LogP contribution in [0.1, 0.15) is 80.6 Å². The number of nitrogens with two attached hydrogens (primary N) is 1. The number of amides is 7. The molecule has 4 aliphatic rings. The fourth-order valence-corrected chi connectivity index (χ4v) is 10.5. The lowest BCUT2D eigenvalue weighted by molar-refractivity contribution is -0.366. The second kappa shape index (κ2) is 36.4. The largest absolute Gasteiger partial charge is 0.480 e. The van der Waals surface area contributed by atoms with Crippen molar-refractivity contribution in [3.05, 3.63) is 0 Å². The summed E-state index contributed by atoms with van der Waals surface area (Å²) in [6.07, 6.45) is -35.1. The summed E-state index contributed by atoms with van der Waals surface area (Å²) in [6.45, 7) is 3.15. The van der Waals surface area contributed by atoms with Gasteiger partial charge in [0.05, 0.1) is 26.4 Å². The van der Waals surface area contributed by atoms with Crippen LogP contribution in [0.4, 0.5) is 0 Å². The van der Waals surface area contributed by atoms with Crippen LogP contribution in [-0.4, -0.2) is 312 Å². The van der Waals surface area contributed by atoms with Crippen molar-refractivity contribution in [3.8, 4) is 0 Å². The van der Waals surface area contributed by atoms with Gasteiger partial charge in [-0.15, -0.1) is 0 Å². The standard InChI is InChI=1S/C53H86N8O32/c1-17(44(74)61-26(49(82)83)11-12-31(70)60-25(48(80)81)10-8-9-24(54)47(78)79)55-45(75)18(2)85-42-34(58-22(6)68)50(84)87-29(15-64)40(42)92-52-33(57-21(5)67)38(73)39(28(14-63)89-52)91-53-35(59-23(7)69)43(86-19(3)46(76)77)41(30(16-65)90-53)93-51-32(56-20(4)66)37(72)36(71)27(13-62)88-51/h17-19,24-30,32-43,50-53,62-65,71-73,84H,8-16,54H2,1-7H3,(H,55,75)(H,56,66)(H,57,67)(H,58,68)(H,59,69)(H,60,70)(H,61,74)(H,76,77)(H,78,79)(H,80,81)(H,82,83). The normalized spacial score (nSPS) is 33.1. The van der Waals surface area contributed by atoms with Gasteiger partial charge in [-0.25, -0.2) is 14.4 Å². The zero-order valence-corrected chi connectivity index (χ0v) is 51.5. The Morgan fingerprint density at radius 3 is 1.34 bits per heavy atom. The number of aliphatic hydroxyl groups excluding tert-OH is 8. The van der Waals surface area contributed by atoms with E-state index in [9.17, 15) is 109 Å². The van der Waals surface area contributed by atoms with Gasteiger partial charge in [0.2, 0.25) is 41.4 Å². The third-order valence-electron chi connectivity index (χ3n) is 15.2. The van der Waals surface area contributed by atoms with E-state index in [1.165, 1.54) is 0 Å². The first kappa shape index (κ1) is 78.9. The number of carbonyl (C=O) groups excluding carboxylic acids is 7. The first-order chi connectivity index (χ1) is 43.6. The Morgan fingerprint density at radius 2 is 0.860 bits per heavy atom. The molecule has 4 aliphatic heterocycles. The van der Waals surface area contributed by atoms with Gasteiger partial charge in [0.1, 0.15) is 128 Å². The Morgan fingerprint density at radius 1 is 0.441 bits per heavy atom. The maximum atomic E-state index is 13.8. The highest BCUT2D eigenvalue weighted by Gasteiger charge is 2.58. The van der Waals surface area contributed by atoms with Gasteiger partial charge in [0, 0.05) is 34.1 Å². The third kappa shape index (κ3) is 22.0. The van der Waals surface area contributed by atoms with Gasteiger partial charge in [-0.05, 0) is 46.5 Å². The van der Waals surface area contributed by atoms with Crippen LogP contribution in [0.5, 0.6) is 0 Å². The van der Waals surface area contributed by atoms with E-state index in [0.717, 1.165) is 48.5 Å². The molecule has 4 rings (SSSR count). The quantitative estimate of drug-likeness (QED) is 0.0284. The van der Waals surface area contributed by atoms with Crippen LogP contribution in [0.15, 0.2) is 0 Å².